The Morgan fingerprint density at radius 3 is 2.83 bits per heavy atom. The average molecular weight is 414 g/mol. The van der Waals surface area contributed by atoms with E-state index in [2.05, 4.69) is 36.8 Å². The lowest BCUT2D eigenvalue weighted by atomic mass is 10.2. The molecule has 1 N–H and O–H groups in total. The lowest BCUT2D eigenvalue weighted by Gasteiger charge is -2.34. The Hall–Kier alpha value is -2.62. The number of nitrogens with zero attached hydrogens (tertiary/aromatic N) is 4. The lowest BCUT2D eigenvalue weighted by Crippen LogP contribution is -2.43. The van der Waals surface area contributed by atoms with Crippen molar-refractivity contribution in [3.63, 3.8) is 0 Å². The third-order valence-corrected chi connectivity index (χ3v) is 5.80. The highest BCUT2D eigenvalue weighted by atomic mass is 32.1. The molecule has 1 saturated heterocycles. The maximum absolute atomic E-state index is 12.4. The number of hydrogen-bond acceptors (Lipinski definition) is 8. The number of pyridine rings is 1. The summed E-state index contributed by atoms with van der Waals surface area (Å²) in [5, 5.41) is 9.11. The molecule has 9 heteroatoms. The minimum absolute atomic E-state index is 0.0246. The van der Waals surface area contributed by atoms with Crippen LogP contribution in [0, 0.1) is 0 Å². The summed E-state index contributed by atoms with van der Waals surface area (Å²) in [5.41, 5.74) is 0.837. The summed E-state index contributed by atoms with van der Waals surface area (Å²) in [7, 11) is 0. The van der Waals surface area contributed by atoms with Crippen molar-refractivity contribution in [2.75, 3.05) is 32.8 Å². The molecule has 3 aromatic heterocycles. The van der Waals surface area contributed by atoms with E-state index in [0.717, 1.165) is 31.9 Å². The van der Waals surface area contributed by atoms with Gasteiger partial charge in [0.1, 0.15) is 0 Å². The second-order valence-corrected chi connectivity index (χ2v) is 7.71. The Balaban J connectivity index is 1.29. The molecule has 1 amide bonds. The molecular weight excluding hydrogens is 390 g/mol. The number of nitrogens with one attached hydrogen (secondary N) is 1. The Morgan fingerprint density at radius 1 is 1.24 bits per heavy atom. The van der Waals surface area contributed by atoms with Crippen LogP contribution >= 0.6 is 11.3 Å². The standard InChI is InChI=1S/C20H23N5O3S/c26-18(3-4-19-23-20(24-28-19)15-5-7-21-8-6-15)22-14-16(17-2-1-13-29-17)25-9-11-27-12-10-25/h1-2,5-8,13,16H,3-4,9-12,14H2,(H,22,26). The van der Waals surface area contributed by atoms with Crippen LogP contribution in [0.15, 0.2) is 46.6 Å². The van der Waals surface area contributed by atoms with Crippen LogP contribution in [0.25, 0.3) is 11.4 Å². The summed E-state index contributed by atoms with van der Waals surface area (Å²) >= 11 is 1.72. The summed E-state index contributed by atoms with van der Waals surface area (Å²) in [4.78, 5) is 24.4. The monoisotopic (exact) mass is 413 g/mol. The van der Waals surface area contributed by atoms with Crippen LogP contribution in [0.3, 0.4) is 0 Å². The molecule has 0 radical (unpaired) electrons. The molecule has 0 spiro atoms. The largest absolute Gasteiger partial charge is 0.379 e. The van der Waals surface area contributed by atoms with E-state index in [9.17, 15) is 4.79 Å². The van der Waals surface area contributed by atoms with Gasteiger partial charge in [-0.25, -0.2) is 0 Å². The van der Waals surface area contributed by atoms with Crippen molar-refractivity contribution >= 4 is 17.2 Å². The van der Waals surface area contributed by atoms with Crippen LogP contribution in [0.1, 0.15) is 23.2 Å². The number of carbonyl (C=O) groups excluding carboxylic acids is 1. The highest BCUT2D eigenvalue weighted by Gasteiger charge is 2.24. The zero-order valence-corrected chi connectivity index (χ0v) is 16.8. The number of carbonyl (C=O) groups is 1. The average Bonchev–Trinajstić information content (AvgIpc) is 3.46. The van der Waals surface area contributed by atoms with E-state index in [1.165, 1.54) is 4.88 Å². The van der Waals surface area contributed by atoms with Gasteiger partial charge in [0.05, 0.1) is 19.3 Å². The number of thiophene rings is 1. The van der Waals surface area contributed by atoms with Gasteiger partial charge in [-0.2, -0.15) is 4.98 Å². The second-order valence-electron chi connectivity index (χ2n) is 6.73. The van der Waals surface area contributed by atoms with E-state index in [1.807, 2.05) is 18.2 Å². The van der Waals surface area contributed by atoms with Gasteiger partial charge in [-0.1, -0.05) is 11.2 Å². The number of rotatable bonds is 8. The maximum atomic E-state index is 12.4. The molecule has 4 rings (SSSR count). The lowest BCUT2D eigenvalue weighted by molar-refractivity contribution is -0.121. The third-order valence-electron chi connectivity index (χ3n) is 4.82. The van der Waals surface area contributed by atoms with Gasteiger partial charge >= 0.3 is 0 Å². The fourth-order valence-electron chi connectivity index (χ4n) is 3.27. The normalized spacial score (nSPS) is 15.9. The molecule has 29 heavy (non-hydrogen) atoms. The minimum Gasteiger partial charge on any atom is -0.379 e. The van der Waals surface area contributed by atoms with Gasteiger partial charge in [0.2, 0.25) is 17.6 Å². The fraction of sp³-hybridized carbons (Fsp3) is 0.400. The first-order chi connectivity index (χ1) is 14.3. The molecule has 3 aromatic rings. The first-order valence-electron chi connectivity index (χ1n) is 9.64. The maximum Gasteiger partial charge on any atom is 0.227 e. The predicted molar refractivity (Wildman–Crippen MR) is 108 cm³/mol. The Bertz CT molecular complexity index is 894. The molecule has 0 bridgehead atoms. The van der Waals surface area contributed by atoms with Crippen LogP contribution in [0.2, 0.25) is 0 Å². The topological polar surface area (TPSA) is 93.4 Å². The first kappa shape index (κ1) is 19.7. The molecule has 0 aromatic carbocycles. The fourth-order valence-corrected chi connectivity index (χ4v) is 4.13. The summed E-state index contributed by atoms with van der Waals surface area (Å²) in [6.45, 7) is 3.78. The van der Waals surface area contributed by atoms with Crippen LogP contribution in [-0.2, 0) is 16.0 Å². The van der Waals surface area contributed by atoms with E-state index in [4.69, 9.17) is 9.26 Å². The van der Waals surface area contributed by atoms with Crippen LogP contribution in [0.5, 0.6) is 0 Å². The minimum atomic E-state index is -0.0246. The highest BCUT2D eigenvalue weighted by Crippen LogP contribution is 2.25. The van der Waals surface area contributed by atoms with Crippen molar-refractivity contribution < 1.29 is 14.1 Å². The zero-order chi connectivity index (χ0) is 19.9. The summed E-state index contributed by atoms with van der Waals surface area (Å²) < 4.78 is 10.7. The van der Waals surface area contributed by atoms with Crippen molar-refractivity contribution in [2.24, 2.45) is 0 Å². The molecule has 1 fully saturated rings. The molecule has 1 aliphatic heterocycles. The smallest absolute Gasteiger partial charge is 0.227 e. The quantitative estimate of drug-likeness (QED) is 0.606. The summed E-state index contributed by atoms with van der Waals surface area (Å²) in [5.74, 6) is 0.936. The molecule has 1 aliphatic rings. The van der Waals surface area contributed by atoms with Gasteiger partial charge in [0.15, 0.2) is 0 Å². The van der Waals surface area contributed by atoms with Crippen molar-refractivity contribution in [1.29, 1.82) is 0 Å². The number of aryl methyl sites for hydroxylation is 1. The van der Waals surface area contributed by atoms with Gasteiger partial charge in [0.25, 0.3) is 0 Å². The predicted octanol–water partition coefficient (Wildman–Crippen LogP) is 2.32. The van der Waals surface area contributed by atoms with Crippen molar-refractivity contribution in [1.82, 2.24) is 25.3 Å². The van der Waals surface area contributed by atoms with Gasteiger partial charge < -0.3 is 14.6 Å². The second kappa shape index (κ2) is 9.73. The molecule has 152 valence electrons. The number of aromatic nitrogens is 3. The number of hydrogen-bond donors (Lipinski definition) is 1. The zero-order valence-electron chi connectivity index (χ0n) is 16.0. The van der Waals surface area contributed by atoms with E-state index in [1.54, 1.807) is 23.7 Å². The van der Waals surface area contributed by atoms with E-state index in [0.29, 0.717) is 31.1 Å². The molecule has 8 nitrogen and oxygen atoms in total. The first-order valence-corrected chi connectivity index (χ1v) is 10.5. The Morgan fingerprint density at radius 2 is 2.07 bits per heavy atom. The highest BCUT2D eigenvalue weighted by molar-refractivity contribution is 7.10. The van der Waals surface area contributed by atoms with E-state index in [-0.39, 0.29) is 11.9 Å². The Labute approximate surface area is 172 Å². The van der Waals surface area contributed by atoms with Gasteiger partial charge in [-0.05, 0) is 23.6 Å². The van der Waals surface area contributed by atoms with Crippen molar-refractivity contribution in [2.45, 2.75) is 18.9 Å². The van der Waals surface area contributed by atoms with Crippen LogP contribution < -0.4 is 5.32 Å². The molecule has 0 saturated carbocycles. The van der Waals surface area contributed by atoms with Gasteiger partial charge in [-0.15, -0.1) is 11.3 Å². The molecule has 1 atom stereocenters. The van der Waals surface area contributed by atoms with E-state index < -0.39 is 0 Å². The van der Waals surface area contributed by atoms with Gasteiger partial charge in [0, 0.05) is 55.3 Å². The van der Waals surface area contributed by atoms with Crippen LogP contribution in [-0.4, -0.2) is 58.8 Å². The third kappa shape index (κ3) is 5.26. The number of ether oxygens (including phenoxy) is 1. The summed E-state index contributed by atoms with van der Waals surface area (Å²) in [6.07, 6.45) is 4.07. The molecule has 0 aliphatic carbocycles. The van der Waals surface area contributed by atoms with Crippen molar-refractivity contribution in [3.8, 4) is 11.4 Å². The number of morpholine rings is 1. The molecular formula is C20H23N5O3S. The van der Waals surface area contributed by atoms with Gasteiger partial charge in [-0.3, -0.25) is 14.7 Å². The Kier molecular flexibility index (Phi) is 6.60. The molecule has 4 heterocycles. The SMILES string of the molecule is O=C(CCc1nc(-c2ccncc2)no1)NCC(c1cccs1)N1CCOCC1. The summed E-state index contributed by atoms with van der Waals surface area (Å²) in [6, 6.07) is 7.97. The van der Waals surface area contributed by atoms with Crippen LogP contribution in [0.4, 0.5) is 0 Å². The number of amides is 1. The van der Waals surface area contributed by atoms with E-state index >= 15 is 0 Å². The molecule has 1 unspecified atom stereocenters. The van der Waals surface area contributed by atoms with Crippen molar-refractivity contribution in [3.05, 3.63) is 52.8 Å².